The fourth-order valence-electron chi connectivity index (χ4n) is 2.29. The predicted octanol–water partition coefficient (Wildman–Crippen LogP) is 3.40. The lowest BCUT2D eigenvalue weighted by molar-refractivity contribution is 0.475. The minimum absolute atomic E-state index is 0.205. The number of phenols is 1. The lowest BCUT2D eigenvalue weighted by atomic mass is 9.98. The van der Waals surface area contributed by atoms with Crippen LogP contribution in [0.25, 0.3) is 11.0 Å². The van der Waals surface area contributed by atoms with Crippen LogP contribution in [0.5, 0.6) is 5.75 Å². The summed E-state index contributed by atoms with van der Waals surface area (Å²) in [6.45, 7) is 4.08. The fraction of sp³-hybridized carbons (Fsp3) is 0.400. The highest BCUT2D eigenvalue weighted by Crippen LogP contribution is 2.25. The number of benzene rings is 1. The summed E-state index contributed by atoms with van der Waals surface area (Å²) in [6, 6.07) is 4.88. The van der Waals surface area contributed by atoms with Crippen LogP contribution in [0.4, 0.5) is 0 Å². The molecule has 0 fully saturated rings. The van der Waals surface area contributed by atoms with Crippen LogP contribution >= 0.6 is 0 Å². The number of aromatic hydroxyl groups is 1. The lowest BCUT2D eigenvalue weighted by Crippen LogP contribution is -2.11. The molecular formula is C15H18O3. The summed E-state index contributed by atoms with van der Waals surface area (Å²) >= 11 is 0. The second-order valence-electron chi connectivity index (χ2n) is 4.48. The zero-order chi connectivity index (χ0) is 13.1. The first-order valence-corrected chi connectivity index (χ1v) is 6.45. The molecule has 2 rings (SSSR count). The molecule has 0 atom stereocenters. The molecule has 0 saturated heterocycles. The molecule has 0 spiro atoms. The molecule has 0 radical (unpaired) electrons. The molecular weight excluding hydrogens is 228 g/mol. The molecule has 18 heavy (non-hydrogen) atoms. The van der Waals surface area contributed by atoms with Gasteiger partial charge in [0.2, 0.25) is 0 Å². The van der Waals surface area contributed by atoms with Gasteiger partial charge in [0.15, 0.2) is 0 Å². The van der Waals surface area contributed by atoms with E-state index in [-0.39, 0.29) is 11.4 Å². The lowest BCUT2D eigenvalue weighted by Gasteiger charge is -2.10. The van der Waals surface area contributed by atoms with Gasteiger partial charge in [0.1, 0.15) is 11.3 Å². The van der Waals surface area contributed by atoms with Crippen molar-refractivity contribution in [2.45, 2.75) is 39.5 Å². The molecule has 0 aliphatic heterocycles. The van der Waals surface area contributed by atoms with Gasteiger partial charge >= 0.3 is 5.63 Å². The van der Waals surface area contributed by atoms with Crippen molar-refractivity contribution in [3.05, 3.63) is 39.7 Å². The molecule has 1 aromatic heterocycles. The maximum absolute atomic E-state index is 11.9. The Labute approximate surface area is 106 Å². The number of aryl methyl sites for hydroxylation is 1. The molecule has 0 aliphatic carbocycles. The molecule has 1 heterocycles. The summed E-state index contributed by atoms with van der Waals surface area (Å²) in [5, 5.41) is 10.5. The predicted molar refractivity (Wildman–Crippen MR) is 72.1 cm³/mol. The van der Waals surface area contributed by atoms with Crippen LogP contribution in [0.1, 0.15) is 37.8 Å². The highest BCUT2D eigenvalue weighted by Gasteiger charge is 2.13. The van der Waals surface area contributed by atoms with E-state index in [4.69, 9.17) is 4.42 Å². The van der Waals surface area contributed by atoms with Crippen LogP contribution < -0.4 is 5.63 Å². The summed E-state index contributed by atoms with van der Waals surface area (Å²) in [6.07, 6.45) is 3.61. The van der Waals surface area contributed by atoms with Crippen molar-refractivity contribution < 1.29 is 9.52 Å². The second kappa shape index (κ2) is 5.25. The summed E-state index contributed by atoms with van der Waals surface area (Å²) in [7, 11) is 0. The van der Waals surface area contributed by atoms with E-state index >= 15 is 0 Å². The average molecular weight is 246 g/mol. The third kappa shape index (κ3) is 2.26. The Morgan fingerprint density at radius 2 is 2.00 bits per heavy atom. The van der Waals surface area contributed by atoms with Crippen LogP contribution in [0.3, 0.4) is 0 Å². The van der Waals surface area contributed by atoms with Crippen LogP contribution in [-0.2, 0) is 12.8 Å². The molecule has 1 N–H and O–H groups in total. The van der Waals surface area contributed by atoms with E-state index in [1.807, 2.05) is 6.92 Å². The summed E-state index contributed by atoms with van der Waals surface area (Å²) in [5.74, 6) is 0.205. The minimum atomic E-state index is -0.248. The first-order chi connectivity index (χ1) is 8.67. The standard InChI is InChI=1S/C15H18O3/c1-3-5-6-12-11(4-2)15(17)18-14-8-7-10(16)9-13(12)14/h7-9,16H,3-6H2,1-2H3. The zero-order valence-corrected chi connectivity index (χ0v) is 10.8. The molecule has 0 amide bonds. The summed E-state index contributed by atoms with van der Waals surface area (Å²) < 4.78 is 5.29. The number of rotatable bonds is 4. The van der Waals surface area contributed by atoms with Crippen molar-refractivity contribution in [3.8, 4) is 5.75 Å². The normalized spacial score (nSPS) is 11.0. The zero-order valence-electron chi connectivity index (χ0n) is 10.8. The molecule has 0 aliphatic rings. The van der Waals surface area contributed by atoms with Gasteiger partial charge in [0.05, 0.1) is 0 Å². The van der Waals surface area contributed by atoms with Crippen LogP contribution in [0.2, 0.25) is 0 Å². The molecule has 0 saturated carbocycles. The Morgan fingerprint density at radius 3 is 2.67 bits per heavy atom. The molecule has 96 valence electrons. The van der Waals surface area contributed by atoms with E-state index in [1.165, 1.54) is 0 Å². The number of phenolic OH excluding ortho intramolecular Hbond substituents is 1. The summed E-state index contributed by atoms with van der Waals surface area (Å²) in [4.78, 5) is 11.9. The topological polar surface area (TPSA) is 50.4 Å². The van der Waals surface area contributed by atoms with Gasteiger partial charge in [-0.2, -0.15) is 0 Å². The number of fused-ring (bicyclic) bond motifs is 1. The summed E-state index contributed by atoms with van der Waals surface area (Å²) in [5.41, 5.74) is 2.07. The third-order valence-corrected chi connectivity index (χ3v) is 3.24. The van der Waals surface area contributed by atoms with Gasteiger partial charge in [-0.05, 0) is 43.0 Å². The first kappa shape index (κ1) is 12.7. The quantitative estimate of drug-likeness (QED) is 0.841. The highest BCUT2D eigenvalue weighted by molar-refractivity contribution is 5.82. The molecule has 0 bridgehead atoms. The van der Waals surface area contributed by atoms with Crippen molar-refractivity contribution in [1.29, 1.82) is 0 Å². The van der Waals surface area contributed by atoms with E-state index in [2.05, 4.69) is 6.92 Å². The van der Waals surface area contributed by atoms with Gasteiger partial charge in [-0.15, -0.1) is 0 Å². The van der Waals surface area contributed by atoms with Crippen LogP contribution in [0.15, 0.2) is 27.4 Å². The Hall–Kier alpha value is -1.77. The molecule has 3 heteroatoms. The van der Waals surface area contributed by atoms with Crippen LogP contribution in [-0.4, -0.2) is 5.11 Å². The minimum Gasteiger partial charge on any atom is -0.508 e. The second-order valence-corrected chi connectivity index (χ2v) is 4.48. The van der Waals surface area contributed by atoms with Crippen molar-refractivity contribution >= 4 is 11.0 Å². The van der Waals surface area contributed by atoms with Gasteiger partial charge in [-0.25, -0.2) is 4.79 Å². The van der Waals surface area contributed by atoms with E-state index in [9.17, 15) is 9.90 Å². The molecule has 2 aromatic rings. The van der Waals surface area contributed by atoms with Gasteiger partial charge in [0.25, 0.3) is 0 Å². The molecule has 0 unspecified atom stereocenters. The molecule has 1 aromatic carbocycles. The Balaban J connectivity index is 2.72. The van der Waals surface area contributed by atoms with Crippen molar-refractivity contribution in [2.75, 3.05) is 0 Å². The van der Waals surface area contributed by atoms with E-state index in [0.29, 0.717) is 12.0 Å². The molecule has 3 nitrogen and oxygen atoms in total. The van der Waals surface area contributed by atoms with E-state index in [0.717, 1.165) is 35.8 Å². The maximum Gasteiger partial charge on any atom is 0.339 e. The Kier molecular flexibility index (Phi) is 3.70. The van der Waals surface area contributed by atoms with Gasteiger partial charge in [0, 0.05) is 10.9 Å². The van der Waals surface area contributed by atoms with Crippen molar-refractivity contribution in [3.63, 3.8) is 0 Å². The van der Waals surface area contributed by atoms with Gasteiger partial charge < -0.3 is 9.52 Å². The number of hydrogen-bond donors (Lipinski definition) is 1. The van der Waals surface area contributed by atoms with Gasteiger partial charge in [-0.3, -0.25) is 0 Å². The van der Waals surface area contributed by atoms with E-state index < -0.39 is 0 Å². The monoisotopic (exact) mass is 246 g/mol. The fourth-order valence-corrected chi connectivity index (χ4v) is 2.29. The van der Waals surface area contributed by atoms with Crippen LogP contribution in [0, 0.1) is 0 Å². The van der Waals surface area contributed by atoms with E-state index in [1.54, 1.807) is 18.2 Å². The maximum atomic E-state index is 11.9. The largest absolute Gasteiger partial charge is 0.508 e. The van der Waals surface area contributed by atoms with Gasteiger partial charge in [-0.1, -0.05) is 20.3 Å². The Bertz CT molecular complexity index is 611. The highest BCUT2D eigenvalue weighted by atomic mass is 16.4. The average Bonchev–Trinajstić information content (AvgIpc) is 2.36. The van der Waals surface area contributed by atoms with Crippen molar-refractivity contribution in [1.82, 2.24) is 0 Å². The smallest absolute Gasteiger partial charge is 0.339 e. The van der Waals surface area contributed by atoms with Crippen molar-refractivity contribution in [2.24, 2.45) is 0 Å². The Morgan fingerprint density at radius 1 is 1.22 bits per heavy atom. The number of unbranched alkanes of at least 4 members (excludes halogenated alkanes) is 1. The SMILES string of the molecule is CCCCc1c(CC)c(=O)oc2ccc(O)cc12. The number of hydrogen-bond acceptors (Lipinski definition) is 3. The third-order valence-electron chi connectivity index (χ3n) is 3.24. The first-order valence-electron chi connectivity index (χ1n) is 6.45.